The molecule has 0 saturated heterocycles. The standard InChI is InChI=1S/C29H28N6O4/c1-3-4-8-20-16-27(36)35(26(32-20)15-19-13-14-22(38-2)17-30-19)18-21-9-7-12-25(31-21)23-10-5-6-11-24(23)28-33-29(37)39-34-28/h5-7,9-14,16-17H,3-4,8,15,18H2,1-2H3,(H,33,34,37). The Morgan fingerprint density at radius 2 is 1.79 bits per heavy atom. The maximum Gasteiger partial charge on any atom is 0.439 e. The maximum absolute atomic E-state index is 13.3. The fourth-order valence-corrected chi connectivity index (χ4v) is 4.33. The van der Waals surface area contributed by atoms with Gasteiger partial charge in [-0.25, -0.2) is 9.78 Å². The number of benzene rings is 1. The van der Waals surface area contributed by atoms with Crippen molar-refractivity contribution in [1.82, 2.24) is 29.7 Å². The van der Waals surface area contributed by atoms with Gasteiger partial charge >= 0.3 is 5.76 Å². The zero-order chi connectivity index (χ0) is 27.2. The summed E-state index contributed by atoms with van der Waals surface area (Å²) in [6.45, 7) is 2.35. The summed E-state index contributed by atoms with van der Waals surface area (Å²) in [4.78, 5) is 41.6. The highest BCUT2D eigenvalue weighted by Crippen LogP contribution is 2.28. The quantitative estimate of drug-likeness (QED) is 0.290. The van der Waals surface area contributed by atoms with Crippen LogP contribution in [0, 0.1) is 0 Å². The highest BCUT2D eigenvalue weighted by atomic mass is 16.5. The molecule has 0 aliphatic heterocycles. The third-order valence-electron chi connectivity index (χ3n) is 6.32. The Kier molecular flexibility index (Phi) is 7.72. The first kappa shape index (κ1) is 25.8. The van der Waals surface area contributed by atoms with Crippen molar-refractivity contribution < 1.29 is 9.26 Å². The predicted molar refractivity (Wildman–Crippen MR) is 146 cm³/mol. The molecule has 4 aromatic heterocycles. The molecule has 0 fully saturated rings. The van der Waals surface area contributed by atoms with Crippen molar-refractivity contribution in [3.63, 3.8) is 0 Å². The first-order valence-electron chi connectivity index (χ1n) is 12.7. The molecule has 39 heavy (non-hydrogen) atoms. The summed E-state index contributed by atoms with van der Waals surface area (Å²) in [6, 6.07) is 18.4. The number of H-pyrrole nitrogens is 1. The molecular formula is C29H28N6O4. The predicted octanol–water partition coefficient (Wildman–Crippen LogP) is 4.03. The molecule has 0 radical (unpaired) electrons. The van der Waals surface area contributed by atoms with Crippen molar-refractivity contribution in [3.05, 3.63) is 111 Å². The monoisotopic (exact) mass is 524 g/mol. The minimum absolute atomic E-state index is 0.132. The molecule has 0 amide bonds. The zero-order valence-corrected chi connectivity index (χ0v) is 21.8. The van der Waals surface area contributed by atoms with Crippen LogP contribution < -0.4 is 16.1 Å². The Morgan fingerprint density at radius 1 is 0.949 bits per heavy atom. The van der Waals surface area contributed by atoms with Crippen LogP contribution in [0.4, 0.5) is 0 Å². The molecule has 0 bridgehead atoms. The van der Waals surface area contributed by atoms with Crippen molar-refractivity contribution in [2.75, 3.05) is 7.11 Å². The van der Waals surface area contributed by atoms with Crippen LogP contribution in [0.3, 0.4) is 0 Å². The molecule has 0 spiro atoms. The first-order chi connectivity index (χ1) is 19.0. The lowest BCUT2D eigenvalue weighted by molar-refractivity contribution is 0.388. The summed E-state index contributed by atoms with van der Waals surface area (Å²) < 4.78 is 11.6. The van der Waals surface area contributed by atoms with Crippen LogP contribution in [-0.4, -0.2) is 36.8 Å². The van der Waals surface area contributed by atoms with Crippen LogP contribution in [0.2, 0.25) is 0 Å². The van der Waals surface area contributed by atoms with Crippen LogP contribution in [0.25, 0.3) is 22.6 Å². The van der Waals surface area contributed by atoms with Crippen LogP contribution in [-0.2, 0) is 19.4 Å². The molecular weight excluding hydrogens is 496 g/mol. The maximum atomic E-state index is 13.3. The third-order valence-corrected chi connectivity index (χ3v) is 6.32. The lowest BCUT2D eigenvalue weighted by Crippen LogP contribution is -2.27. The Hall–Kier alpha value is -4.86. The molecule has 0 saturated carbocycles. The fourth-order valence-electron chi connectivity index (χ4n) is 4.33. The smallest absolute Gasteiger partial charge is 0.439 e. The molecule has 4 heterocycles. The Balaban J connectivity index is 1.51. The van der Waals surface area contributed by atoms with Gasteiger partial charge in [0.25, 0.3) is 5.56 Å². The van der Waals surface area contributed by atoms with E-state index in [1.54, 1.807) is 23.9 Å². The van der Waals surface area contributed by atoms with E-state index in [-0.39, 0.29) is 12.1 Å². The highest BCUT2D eigenvalue weighted by Gasteiger charge is 2.15. The first-order valence-corrected chi connectivity index (χ1v) is 12.7. The van der Waals surface area contributed by atoms with Crippen molar-refractivity contribution >= 4 is 0 Å². The second-order valence-electron chi connectivity index (χ2n) is 9.06. The second kappa shape index (κ2) is 11.7. The van der Waals surface area contributed by atoms with E-state index >= 15 is 0 Å². The second-order valence-corrected chi connectivity index (χ2v) is 9.06. The van der Waals surface area contributed by atoms with E-state index in [0.717, 1.165) is 36.2 Å². The van der Waals surface area contributed by atoms with Crippen molar-refractivity contribution in [2.45, 2.75) is 39.2 Å². The number of pyridine rings is 2. The summed E-state index contributed by atoms with van der Waals surface area (Å²) in [6.07, 6.45) is 4.76. The normalized spacial score (nSPS) is 11.0. The number of aromatic nitrogens is 6. The Bertz CT molecular complexity index is 1690. The molecule has 10 nitrogen and oxygen atoms in total. The van der Waals surface area contributed by atoms with Crippen LogP contribution in [0.15, 0.2) is 81.0 Å². The summed E-state index contributed by atoms with van der Waals surface area (Å²) >= 11 is 0. The van der Waals surface area contributed by atoms with Gasteiger partial charge in [0.2, 0.25) is 0 Å². The van der Waals surface area contributed by atoms with Gasteiger partial charge in [-0.15, -0.1) is 0 Å². The number of unbranched alkanes of at least 4 members (excludes halogenated alkanes) is 1. The van der Waals surface area contributed by atoms with Gasteiger partial charge in [-0.1, -0.05) is 48.8 Å². The van der Waals surface area contributed by atoms with E-state index < -0.39 is 5.76 Å². The number of aryl methyl sites for hydroxylation is 1. The number of methoxy groups -OCH3 is 1. The lowest BCUT2D eigenvalue weighted by Gasteiger charge is -2.14. The van der Waals surface area contributed by atoms with Gasteiger partial charge in [0.05, 0.1) is 31.2 Å². The molecule has 1 aromatic carbocycles. The largest absolute Gasteiger partial charge is 0.495 e. The molecule has 5 rings (SSSR count). The van der Waals surface area contributed by atoms with E-state index in [2.05, 4.69) is 22.0 Å². The van der Waals surface area contributed by atoms with Gasteiger partial charge in [0.15, 0.2) is 5.82 Å². The average Bonchev–Trinajstić information content (AvgIpc) is 3.40. The Morgan fingerprint density at radius 3 is 2.51 bits per heavy atom. The van der Waals surface area contributed by atoms with E-state index in [0.29, 0.717) is 40.8 Å². The number of rotatable bonds is 10. The van der Waals surface area contributed by atoms with Crippen LogP contribution in [0.1, 0.15) is 42.7 Å². The van der Waals surface area contributed by atoms with Gasteiger partial charge in [0.1, 0.15) is 11.6 Å². The number of hydrogen-bond acceptors (Lipinski definition) is 8. The summed E-state index contributed by atoms with van der Waals surface area (Å²) in [5.41, 5.74) is 4.23. The third kappa shape index (κ3) is 6.01. The number of ether oxygens (including phenoxy) is 1. The molecule has 5 aromatic rings. The van der Waals surface area contributed by atoms with Gasteiger partial charge in [-0.05, 0) is 37.1 Å². The van der Waals surface area contributed by atoms with E-state index in [9.17, 15) is 9.59 Å². The number of nitrogens with zero attached hydrogens (tertiary/aromatic N) is 5. The van der Waals surface area contributed by atoms with Crippen LogP contribution >= 0.6 is 0 Å². The average molecular weight is 525 g/mol. The summed E-state index contributed by atoms with van der Waals surface area (Å²) in [5.74, 6) is 0.977. The Labute approximate surface area is 224 Å². The molecule has 198 valence electrons. The van der Waals surface area contributed by atoms with E-state index in [1.165, 1.54) is 0 Å². The fraction of sp³-hybridized carbons (Fsp3) is 0.241. The van der Waals surface area contributed by atoms with Crippen molar-refractivity contribution in [2.24, 2.45) is 0 Å². The molecule has 1 N–H and O–H groups in total. The van der Waals surface area contributed by atoms with Crippen molar-refractivity contribution in [3.8, 4) is 28.4 Å². The lowest BCUT2D eigenvalue weighted by atomic mass is 10.0. The number of nitrogens with one attached hydrogen (secondary N) is 1. The van der Waals surface area contributed by atoms with Gasteiger partial charge in [-0.3, -0.25) is 28.8 Å². The SMILES string of the molecule is CCCCc1cc(=O)n(Cc2cccc(-c3ccccc3-c3noc(=O)[nH]3)n2)c(Cc2ccc(OC)cn2)n1. The van der Waals surface area contributed by atoms with Gasteiger partial charge < -0.3 is 4.74 Å². The van der Waals surface area contributed by atoms with Gasteiger partial charge in [-0.2, -0.15) is 0 Å². The molecule has 10 heteroatoms. The minimum Gasteiger partial charge on any atom is -0.495 e. The molecule has 0 aliphatic rings. The molecule has 0 atom stereocenters. The van der Waals surface area contributed by atoms with Gasteiger partial charge in [0, 0.05) is 35.0 Å². The number of aromatic amines is 1. The highest BCUT2D eigenvalue weighted by molar-refractivity contribution is 5.78. The summed E-state index contributed by atoms with van der Waals surface area (Å²) in [5, 5.41) is 3.83. The summed E-state index contributed by atoms with van der Waals surface area (Å²) in [7, 11) is 1.59. The number of hydrogen-bond donors (Lipinski definition) is 1. The zero-order valence-electron chi connectivity index (χ0n) is 21.8. The van der Waals surface area contributed by atoms with Crippen molar-refractivity contribution in [1.29, 1.82) is 0 Å². The minimum atomic E-state index is -0.630. The molecule has 0 unspecified atom stereocenters. The molecule has 0 aliphatic carbocycles. The van der Waals surface area contributed by atoms with Crippen LogP contribution in [0.5, 0.6) is 5.75 Å². The van der Waals surface area contributed by atoms with E-state index in [4.69, 9.17) is 19.2 Å². The topological polar surface area (TPSA) is 129 Å². The van der Waals surface area contributed by atoms with E-state index in [1.807, 2.05) is 54.6 Å².